The number of nitriles is 1. The number of carbonyl (C=O) groups is 2. The SMILES string of the molecule is C=CC(=O)OCCCCCOc1ccc(C(=O)ONc2ccc(C#N)cc2)cc1. The standard InChI is InChI=1S/C22H22N2O5/c1-2-21(25)28-15-5-3-4-14-27-20-12-8-18(9-13-20)22(26)29-24-19-10-6-17(16-23)7-11-19/h2,6-13,24H,1,3-5,14-15H2. The molecule has 0 bridgehead atoms. The van der Waals surface area contributed by atoms with Crippen LogP contribution in [0.25, 0.3) is 0 Å². The molecule has 0 saturated carbocycles. The molecule has 0 aromatic heterocycles. The van der Waals surface area contributed by atoms with E-state index in [4.69, 9.17) is 19.6 Å². The van der Waals surface area contributed by atoms with E-state index in [1.165, 1.54) is 0 Å². The van der Waals surface area contributed by atoms with Crippen molar-refractivity contribution in [2.24, 2.45) is 0 Å². The number of carbonyl (C=O) groups excluding carboxylic acids is 2. The first kappa shape index (κ1) is 21.5. The fourth-order valence-corrected chi connectivity index (χ4v) is 2.27. The molecule has 29 heavy (non-hydrogen) atoms. The van der Waals surface area contributed by atoms with Crippen LogP contribution in [0.4, 0.5) is 5.69 Å². The van der Waals surface area contributed by atoms with Gasteiger partial charge in [0, 0.05) is 6.08 Å². The minimum atomic E-state index is -0.532. The largest absolute Gasteiger partial charge is 0.494 e. The second kappa shape index (κ2) is 11.8. The summed E-state index contributed by atoms with van der Waals surface area (Å²) in [6, 6.07) is 15.2. The number of unbranched alkanes of at least 4 members (excludes halogenated alkanes) is 2. The third-order valence-electron chi connectivity index (χ3n) is 3.83. The van der Waals surface area contributed by atoms with Gasteiger partial charge in [-0.3, -0.25) is 0 Å². The summed E-state index contributed by atoms with van der Waals surface area (Å²) in [5.74, 6) is -0.290. The van der Waals surface area contributed by atoms with E-state index in [9.17, 15) is 9.59 Å². The van der Waals surface area contributed by atoms with Gasteiger partial charge in [0.2, 0.25) is 0 Å². The zero-order valence-corrected chi connectivity index (χ0v) is 15.9. The zero-order valence-electron chi connectivity index (χ0n) is 15.9. The molecule has 0 radical (unpaired) electrons. The molecular weight excluding hydrogens is 372 g/mol. The molecule has 1 N–H and O–H groups in total. The van der Waals surface area contributed by atoms with E-state index in [1.54, 1.807) is 48.5 Å². The van der Waals surface area contributed by atoms with Crippen molar-refractivity contribution in [2.75, 3.05) is 18.7 Å². The van der Waals surface area contributed by atoms with Gasteiger partial charge < -0.3 is 14.3 Å². The Morgan fingerprint density at radius 1 is 1.00 bits per heavy atom. The summed E-state index contributed by atoms with van der Waals surface area (Å²) in [4.78, 5) is 28.0. The fourth-order valence-electron chi connectivity index (χ4n) is 2.27. The van der Waals surface area contributed by atoms with Crippen molar-refractivity contribution >= 4 is 17.6 Å². The number of anilines is 1. The lowest BCUT2D eigenvalue weighted by Gasteiger charge is -2.08. The molecule has 0 saturated heterocycles. The third kappa shape index (κ3) is 7.77. The quantitative estimate of drug-likeness (QED) is 0.266. The van der Waals surface area contributed by atoms with Crippen molar-refractivity contribution in [3.8, 4) is 11.8 Å². The van der Waals surface area contributed by atoms with Crippen molar-refractivity contribution in [1.29, 1.82) is 5.26 Å². The summed E-state index contributed by atoms with van der Waals surface area (Å²) in [7, 11) is 0. The highest BCUT2D eigenvalue weighted by molar-refractivity contribution is 5.90. The van der Waals surface area contributed by atoms with Gasteiger partial charge in [-0.2, -0.15) is 5.26 Å². The van der Waals surface area contributed by atoms with E-state index in [1.807, 2.05) is 6.07 Å². The molecule has 2 aromatic carbocycles. The summed E-state index contributed by atoms with van der Waals surface area (Å²) < 4.78 is 10.5. The van der Waals surface area contributed by atoms with Gasteiger partial charge in [-0.15, -0.1) is 0 Å². The van der Waals surface area contributed by atoms with Crippen LogP contribution in [0.1, 0.15) is 35.2 Å². The second-order valence-corrected chi connectivity index (χ2v) is 5.99. The highest BCUT2D eigenvalue weighted by Crippen LogP contribution is 2.15. The van der Waals surface area contributed by atoms with E-state index in [2.05, 4.69) is 12.1 Å². The lowest BCUT2D eigenvalue weighted by Crippen LogP contribution is -2.10. The predicted molar refractivity (Wildman–Crippen MR) is 107 cm³/mol. The van der Waals surface area contributed by atoms with Crippen LogP contribution >= 0.6 is 0 Å². The Morgan fingerprint density at radius 3 is 2.34 bits per heavy atom. The Labute approximate surface area is 169 Å². The number of esters is 1. The van der Waals surface area contributed by atoms with Crippen LogP contribution in [-0.4, -0.2) is 25.2 Å². The summed E-state index contributed by atoms with van der Waals surface area (Å²) in [6.07, 6.45) is 3.60. The van der Waals surface area contributed by atoms with Crippen molar-refractivity contribution in [2.45, 2.75) is 19.3 Å². The average molecular weight is 394 g/mol. The molecule has 2 rings (SSSR count). The first-order chi connectivity index (χ1) is 14.1. The minimum absolute atomic E-state index is 0.373. The number of nitrogens with one attached hydrogen (secondary N) is 1. The Hall–Kier alpha value is -3.79. The predicted octanol–water partition coefficient (Wildman–Crippen LogP) is 4.02. The van der Waals surface area contributed by atoms with Gasteiger partial charge in [0.15, 0.2) is 0 Å². The van der Waals surface area contributed by atoms with Crippen molar-refractivity contribution < 1.29 is 23.9 Å². The van der Waals surface area contributed by atoms with E-state index in [-0.39, 0.29) is 0 Å². The van der Waals surface area contributed by atoms with Gasteiger partial charge in [-0.1, -0.05) is 6.58 Å². The molecule has 0 fully saturated rings. The van der Waals surface area contributed by atoms with Crippen LogP contribution in [-0.2, 0) is 14.4 Å². The minimum Gasteiger partial charge on any atom is -0.494 e. The molecule has 150 valence electrons. The van der Waals surface area contributed by atoms with Crippen LogP contribution < -0.4 is 10.2 Å². The van der Waals surface area contributed by atoms with Gasteiger partial charge >= 0.3 is 11.9 Å². The van der Waals surface area contributed by atoms with Gasteiger partial charge in [-0.05, 0) is 67.8 Å². The summed E-state index contributed by atoms with van der Waals surface area (Å²) in [5, 5.41) is 8.76. The van der Waals surface area contributed by atoms with E-state index >= 15 is 0 Å². The molecule has 0 heterocycles. The number of rotatable bonds is 11. The van der Waals surface area contributed by atoms with Crippen LogP contribution in [0.15, 0.2) is 61.2 Å². The molecular formula is C22H22N2O5. The molecule has 7 nitrogen and oxygen atoms in total. The van der Waals surface area contributed by atoms with Crippen LogP contribution in [0.3, 0.4) is 0 Å². The van der Waals surface area contributed by atoms with Gasteiger partial charge in [0.25, 0.3) is 0 Å². The monoisotopic (exact) mass is 394 g/mol. The van der Waals surface area contributed by atoms with Crippen LogP contribution in [0, 0.1) is 11.3 Å². The summed E-state index contributed by atoms with van der Waals surface area (Å²) >= 11 is 0. The Morgan fingerprint density at radius 2 is 1.69 bits per heavy atom. The smallest absolute Gasteiger partial charge is 0.362 e. The molecule has 0 unspecified atom stereocenters. The van der Waals surface area contributed by atoms with E-state index < -0.39 is 11.9 Å². The van der Waals surface area contributed by atoms with Crippen molar-refractivity contribution in [3.63, 3.8) is 0 Å². The van der Waals surface area contributed by atoms with Crippen molar-refractivity contribution in [3.05, 3.63) is 72.3 Å². The number of ether oxygens (including phenoxy) is 2. The Kier molecular flexibility index (Phi) is 8.77. The number of nitrogens with zero attached hydrogens (tertiary/aromatic N) is 1. The molecule has 0 aliphatic carbocycles. The fraction of sp³-hybridized carbons (Fsp3) is 0.227. The molecule has 0 aliphatic heterocycles. The third-order valence-corrected chi connectivity index (χ3v) is 3.83. The lowest BCUT2D eigenvalue weighted by molar-refractivity contribution is -0.137. The maximum atomic E-state index is 12.1. The number of hydrogen-bond donors (Lipinski definition) is 1. The maximum Gasteiger partial charge on any atom is 0.362 e. The maximum absolute atomic E-state index is 12.1. The van der Waals surface area contributed by atoms with Gasteiger partial charge in [0.1, 0.15) is 5.75 Å². The molecule has 0 atom stereocenters. The first-order valence-corrected chi connectivity index (χ1v) is 9.12. The normalized spacial score (nSPS) is 9.76. The lowest BCUT2D eigenvalue weighted by atomic mass is 10.2. The Bertz CT molecular complexity index is 854. The summed E-state index contributed by atoms with van der Waals surface area (Å²) in [6.45, 7) is 4.23. The van der Waals surface area contributed by atoms with Crippen LogP contribution in [0.5, 0.6) is 5.75 Å². The van der Waals surface area contributed by atoms with Crippen LogP contribution in [0.2, 0.25) is 0 Å². The van der Waals surface area contributed by atoms with Crippen molar-refractivity contribution in [1.82, 2.24) is 0 Å². The first-order valence-electron chi connectivity index (χ1n) is 9.12. The molecule has 0 aliphatic rings. The topological polar surface area (TPSA) is 97.7 Å². The number of hydrogen-bond acceptors (Lipinski definition) is 7. The molecule has 2 aromatic rings. The summed E-state index contributed by atoms with van der Waals surface area (Å²) in [5.41, 5.74) is 4.02. The average Bonchev–Trinajstić information content (AvgIpc) is 2.77. The highest BCUT2D eigenvalue weighted by Gasteiger charge is 2.08. The zero-order chi connectivity index (χ0) is 20.9. The van der Waals surface area contributed by atoms with Gasteiger partial charge in [0.05, 0.1) is 36.1 Å². The molecule has 0 amide bonds. The van der Waals surface area contributed by atoms with Gasteiger partial charge in [-0.25, -0.2) is 15.1 Å². The van der Waals surface area contributed by atoms with E-state index in [0.29, 0.717) is 35.8 Å². The molecule has 0 spiro atoms. The van der Waals surface area contributed by atoms with E-state index in [0.717, 1.165) is 25.3 Å². The highest BCUT2D eigenvalue weighted by atomic mass is 16.7. The Balaban J connectivity index is 1.66. The molecule has 7 heteroatoms. The number of benzene rings is 2. The second-order valence-electron chi connectivity index (χ2n) is 5.99.